The molecule has 0 saturated heterocycles. The number of rotatable bonds is 4. The Kier molecular flexibility index (Phi) is 4.53. The van der Waals surface area contributed by atoms with E-state index in [-0.39, 0.29) is 0 Å². The Morgan fingerprint density at radius 1 is 1.05 bits per heavy atom. The Bertz CT molecular complexity index is 553. The number of benzene rings is 2. The maximum atomic E-state index is 9.60. The van der Waals surface area contributed by atoms with Crippen molar-refractivity contribution < 1.29 is 5.11 Å². The van der Waals surface area contributed by atoms with Gasteiger partial charge in [-0.05, 0) is 35.6 Å². The topological polar surface area (TPSA) is 20.2 Å². The maximum Gasteiger partial charge on any atom is 0.0698 e. The van der Waals surface area contributed by atoms with Crippen molar-refractivity contribution >= 4 is 5.57 Å². The highest BCUT2D eigenvalue weighted by Crippen LogP contribution is 2.30. The first-order valence-corrected chi connectivity index (χ1v) is 6.76. The van der Waals surface area contributed by atoms with Gasteiger partial charge < -0.3 is 5.11 Å². The summed E-state index contributed by atoms with van der Waals surface area (Å²) < 4.78 is 0. The molecule has 1 N–H and O–H groups in total. The fourth-order valence-electron chi connectivity index (χ4n) is 2.32. The van der Waals surface area contributed by atoms with E-state index in [0.29, 0.717) is 0 Å². The third-order valence-electron chi connectivity index (χ3n) is 3.18. The van der Waals surface area contributed by atoms with Crippen LogP contribution in [0.15, 0.2) is 60.7 Å². The van der Waals surface area contributed by atoms with Crippen LogP contribution in [0.4, 0.5) is 0 Å². The van der Waals surface area contributed by atoms with Crippen LogP contribution in [0.25, 0.3) is 16.7 Å². The summed E-state index contributed by atoms with van der Waals surface area (Å²) >= 11 is 0. The van der Waals surface area contributed by atoms with Crippen molar-refractivity contribution in [2.75, 3.05) is 0 Å². The fraction of sp³-hybridized carbons (Fsp3) is 0.222. The van der Waals surface area contributed by atoms with Crippen LogP contribution < -0.4 is 0 Å². The molecular weight excluding hydrogens is 232 g/mol. The van der Waals surface area contributed by atoms with Gasteiger partial charge in [-0.25, -0.2) is 0 Å². The first kappa shape index (κ1) is 13.6. The molecule has 2 aromatic carbocycles. The summed E-state index contributed by atoms with van der Waals surface area (Å²) in [6.07, 6.45) is 2.43. The van der Waals surface area contributed by atoms with E-state index in [1.807, 2.05) is 18.2 Å². The average Bonchev–Trinajstić information content (AvgIpc) is 2.45. The predicted molar refractivity (Wildman–Crippen MR) is 81.8 cm³/mol. The smallest absolute Gasteiger partial charge is 0.0698 e. The molecule has 2 aromatic rings. The number of aliphatic hydroxyl groups is 1. The largest absolute Gasteiger partial charge is 0.389 e. The average molecular weight is 252 g/mol. The van der Waals surface area contributed by atoms with E-state index in [2.05, 4.69) is 49.4 Å². The zero-order valence-electron chi connectivity index (χ0n) is 11.5. The molecule has 0 aromatic heterocycles. The summed E-state index contributed by atoms with van der Waals surface area (Å²) in [5.41, 5.74) is 4.83. The SMILES string of the molecule is CCC(=CC(C)O)c1ccccc1-c1ccccc1. The Morgan fingerprint density at radius 2 is 1.68 bits per heavy atom. The third-order valence-corrected chi connectivity index (χ3v) is 3.18. The van der Waals surface area contributed by atoms with Crippen LogP contribution in [-0.4, -0.2) is 11.2 Å². The fourth-order valence-corrected chi connectivity index (χ4v) is 2.32. The molecule has 0 radical (unpaired) electrons. The van der Waals surface area contributed by atoms with Gasteiger partial charge in [-0.2, -0.15) is 0 Å². The number of aliphatic hydroxyl groups excluding tert-OH is 1. The summed E-state index contributed by atoms with van der Waals surface area (Å²) in [5, 5.41) is 9.60. The molecule has 2 rings (SSSR count). The normalized spacial score (nSPS) is 13.3. The lowest BCUT2D eigenvalue weighted by Crippen LogP contribution is -1.97. The van der Waals surface area contributed by atoms with E-state index in [0.717, 1.165) is 6.42 Å². The third kappa shape index (κ3) is 3.33. The van der Waals surface area contributed by atoms with Crippen molar-refractivity contribution in [1.29, 1.82) is 0 Å². The predicted octanol–water partition coefficient (Wildman–Crippen LogP) is 4.53. The second kappa shape index (κ2) is 6.35. The molecule has 0 aliphatic heterocycles. The molecule has 98 valence electrons. The second-order valence-electron chi connectivity index (χ2n) is 4.70. The van der Waals surface area contributed by atoms with Gasteiger partial charge in [0, 0.05) is 0 Å². The van der Waals surface area contributed by atoms with Crippen molar-refractivity contribution in [2.24, 2.45) is 0 Å². The molecule has 0 aliphatic rings. The highest BCUT2D eigenvalue weighted by atomic mass is 16.3. The van der Waals surface area contributed by atoms with Gasteiger partial charge in [0.15, 0.2) is 0 Å². The number of hydrogen-bond acceptors (Lipinski definition) is 1. The first-order chi connectivity index (χ1) is 9.22. The van der Waals surface area contributed by atoms with Crippen molar-refractivity contribution in [3.8, 4) is 11.1 Å². The Hall–Kier alpha value is -1.86. The molecule has 0 aliphatic carbocycles. The standard InChI is InChI=1S/C18H20O/c1-3-15(13-14(2)19)17-11-7-8-12-18(17)16-9-5-4-6-10-16/h4-14,19H,3H2,1-2H3. The lowest BCUT2D eigenvalue weighted by atomic mass is 9.92. The van der Waals surface area contributed by atoms with Crippen molar-refractivity contribution in [1.82, 2.24) is 0 Å². The minimum Gasteiger partial charge on any atom is -0.389 e. The summed E-state index contributed by atoms with van der Waals surface area (Å²) in [6.45, 7) is 3.91. The molecule has 0 amide bonds. The van der Waals surface area contributed by atoms with Gasteiger partial charge in [-0.15, -0.1) is 0 Å². The maximum absolute atomic E-state index is 9.60. The van der Waals surface area contributed by atoms with E-state index in [9.17, 15) is 5.11 Å². The van der Waals surface area contributed by atoms with Gasteiger partial charge in [-0.3, -0.25) is 0 Å². The zero-order valence-corrected chi connectivity index (χ0v) is 11.5. The van der Waals surface area contributed by atoms with Gasteiger partial charge in [-0.1, -0.05) is 67.6 Å². The molecule has 1 unspecified atom stereocenters. The molecule has 0 spiro atoms. The van der Waals surface area contributed by atoms with Gasteiger partial charge in [0.25, 0.3) is 0 Å². The minimum absolute atomic E-state index is 0.418. The van der Waals surface area contributed by atoms with Gasteiger partial charge in [0.2, 0.25) is 0 Å². The molecule has 1 nitrogen and oxygen atoms in total. The van der Waals surface area contributed by atoms with Gasteiger partial charge in [0.05, 0.1) is 6.10 Å². The van der Waals surface area contributed by atoms with Crippen LogP contribution in [0, 0.1) is 0 Å². The van der Waals surface area contributed by atoms with Crippen molar-refractivity contribution in [3.05, 3.63) is 66.2 Å². The molecule has 0 heterocycles. The van der Waals surface area contributed by atoms with Crippen molar-refractivity contribution in [3.63, 3.8) is 0 Å². The van der Waals surface area contributed by atoms with Crippen LogP contribution in [-0.2, 0) is 0 Å². The molecule has 1 atom stereocenters. The second-order valence-corrected chi connectivity index (χ2v) is 4.70. The molecule has 0 saturated carbocycles. The molecule has 1 heteroatoms. The van der Waals surface area contributed by atoms with Crippen molar-refractivity contribution in [2.45, 2.75) is 26.4 Å². The zero-order chi connectivity index (χ0) is 13.7. The van der Waals surface area contributed by atoms with Crippen LogP contribution in [0.1, 0.15) is 25.8 Å². The first-order valence-electron chi connectivity index (χ1n) is 6.76. The van der Waals surface area contributed by atoms with Crippen LogP contribution in [0.3, 0.4) is 0 Å². The summed E-state index contributed by atoms with van der Waals surface area (Å²) in [4.78, 5) is 0. The lowest BCUT2D eigenvalue weighted by molar-refractivity contribution is 0.244. The Labute approximate surface area is 115 Å². The highest BCUT2D eigenvalue weighted by Gasteiger charge is 2.08. The Balaban J connectivity index is 2.53. The summed E-state index contributed by atoms with van der Waals surface area (Å²) in [6, 6.07) is 18.7. The Morgan fingerprint density at radius 3 is 2.32 bits per heavy atom. The van der Waals surface area contributed by atoms with E-state index in [1.165, 1.54) is 22.3 Å². The lowest BCUT2D eigenvalue weighted by Gasteiger charge is -2.13. The molecular formula is C18H20O. The molecule has 19 heavy (non-hydrogen) atoms. The quantitative estimate of drug-likeness (QED) is 0.847. The van der Waals surface area contributed by atoms with Crippen LogP contribution in [0.2, 0.25) is 0 Å². The number of hydrogen-bond donors (Lipinski definition) is 1. The van der Waals surface area contributed by atoms with Crippen LogP contribution in [0.5, 0.6) is 0 Å². The van der Waals surface area contributed by atoms with Crippen LogP contribution >= 0.6 is 0 Å². The van der Waals surface area contributed by atoms with Gasteiger partial charge in [0.1, 0.15) is 0 Å². The molecule has 0 bridgehead atoms. The highest BCUT2D eigenvalue weighted by molar-refractivity contribution is 5.81. The summed E-state index contributed by atoms with van der Waals surface area (Å²) in [7, 11) is 0. The minimum atomic E-state index is -0.418. The van der Waals surface area contributed by atoms with E-state index < -0.39 is 6.10 Å². The van der Waals surface area contributed by atoms with E-state index in [1.54, 1.807) is 6.92 Å². The monoisotopic (exact) mass is 252 g/mol. The van der Waals surface area contributed by atoms with Gasteiger partial charge >= 0.3 is 0 Å². The van der Waals surface area contributed by atoms with E-state index >= 15 is 0 Å². The number of allylic oxidation sites excluding steroid dienone is 1. The molecule has 0 fully saturated rings. The van der Waals surface area contributed by atoms with E-state index in [4.69, 9.17) is 0 Å². The summed E-state index contributed by atoms with van der Waals surface area (Å²) in [5.74, 6) is 0.